The molecule has 1 aliphatic carbocycles. The Kier molecular flexibility index (Phi) is 3.84. The van der Waals surface area contributed by atoms with Crippen LogP contribution in [0.4, 0.5) is 0 Å². The number of hydrogen-bond donors (Lipinski definition) is 0. The number of nitrogens with zero attached hydrogens (tertiary/aromatic N) is 2. The second-order valence-corrected chi connectivity index (χ2v) is 5.20. The molecule has 1 fully saturated rings. The summed E-state index contributed by atoms with van der Waals surface area (Å²) < 4.78 is 16.2. The highest BCUT2D eigenvalue weighted by molar-refractivity contribution is 6.29. The van der Waals surface area contributed by atoms with Gasteiger partial charge in [0.05, 0.1) is 14.2 Å². The fourth-order valence-electron chi connectivity index (χ4n) is 1.95. The lowest BCUT2D eigenvalue weighted by Gasteiger charge is -2.10. The minimum absolute atomic E-state index is 0.386. The molecule has 1 aromatic carbocycles. The van der Waals surface area contributed by atoms with E-state index in [0.717, 1.165) is 18.7 Å². The van der Waals surface area contributed by atoms with Crippen LogP contribution in [0.5, 0.6) is 23.1 Å². The summed E-state index contributed by atoms with van der Waals surface area (Å²) in [4.78, 5) is 8.63. The van der Waals surface area contributed by atoms with Crippen molar-refractivity contribution in [3.8, 4) is 23.1 Å². The van der Waals surface area contributed by atoms with Gasteiger partial charge in [-0.2, -0.15) is 4.98 Å². The predicted molar refractivity (Wildman–Crippen MR) is 78.6 cm³/mol. The largest absolute Gasteiger partial charge is 0.496 e. The highest BCUT2D eigenvalue weighted by atomic mass is 35.5. The van der Waals surface area contributed by atoms with E-state index in [1.165, 1.54) is 0 Å². The molecule has 6 heteroatoms. The van der Waals surface area contributed by atoms with E-state index in [4.69, 9.17) is 25.8 Å². The van der Waals surface area contributed by atoms with Crippen LogP contribution < -0.4 is 14.2 Å². The molecule has 0 spiro atoms. The first-order chi connectivity index (χ1) is 10.2. The van der Waals surface area contributed by atoms with E-state index < -0.39 is 0 Å². The zero-order valence-electron chi connectivity index (χ0n) is 11.8. The molecule has 3 rings (SSSR count). The number of methoxy groups -OCH3 is 2. The van der Waals surface area contributed by atoms with E-state index >= 15 is 0 Å². The molecule has 110 valence electrons. The molecular formula is C15H15ClN2O3. The summed E-state index contributed by atoms with van der Waals surface area (Å²) in [5.41, 5.74) is 0. The predicted octanol–water partition coefficient (Wildman–Crippen LogP) is 3.82. The van der Waals surface area contributed by atoms with Crippen LogP contribution in [0.2, 0.25) is 5.15 Å². The quantitative estimate of drug-likeness (QED) is 0.786. The van der Waals surface area contributed by atoms with Gasteiger partial charge in [0.25, 0.3) is 0 Å². The molecule has 0 amide bonds. The number of halogens is 1. The number of benzene rings is 1. The molecule has 0 unspecified atom stereocenters. The maximum absolute atomic E-state index is 6.02. The van der Waals surface area contributed by atoms with Gasteiger partial charge < -0.3 is 14.2 Å². The van der Waals surface area contributed by atoms with Crippen molar-refractivity contribution in [1.82, 2.24) is 9.97 Å². The third kappa shape index (κ3) is 3.36. The fraction of sp³-hybridized carbons (Fsp3) is 0.333. The highest BCUT2D eigenvalue weighted by Crippen LogP contribution is 2.39. The Balaban J connectivity index is 1.88. The third-order valence-electron chi connectivity index (χ3n) is 3.18. The average molecular weight is 307 g/mol. The highest BCUT2D eigenvalue weighted by Gasteiger charge is 2.27. The number of aromatic nitrogens is 2. The minimum atomic E-state index is 0.386. The van der Waals surface area contributed by atoms with Gasteiger partial charge in [0.2, 0.25) is 5.88 Å². The van der Waals surface area contributed by atoms with Crippen molar-refractivity contribution >= 4 is 11.6 Å². The number of ether oxygens (including phenoxy) is 3. The van der Waals surface area contributed by atoms with Crippen molar-refractivity contribution in [3.63, 3.8) is 0 Å². The first-order valence-corrected chi connectivity index (χ1v) is 7.01. The Morgan fingerprint density at radius 2 is 1.57 bits per heavy atom. The zero-order chi connectivity index (χ0) is 14.8. The third-order valence-corrected chi connectivity index (χ3v) is 3.37. The normalized spacial score (nSPS) is 13.9. The van der Waals surface area contributed by atoms with Crippen LogP contribution in [-0.2, 0) is 0 Å². The second kappa shape index (κ2) is 5.77. The standard InChI is InChI=1S/C15H15ClN2O3/c1-19-10-5-11(20-2)7-12(6-10)21-14-8-13(16)17-15(18-14)9-3-4-9/h5-9H,3-4H2,1-2H3. The molecule has 1 heterocycles. The smallest absolute Gasteiger partial charge is 0.224 e. The summed E-state index contributed by atoms with van der Waals surface area (Å²) >= 11 is 6.02. The Labute approximate surface area is 127 Å². The molecule has 0 aliphatic heterocycles. The lowest BCUT2D eigenvalue weighted by molar-refractivity contribution is 0.384. The first kappa shape index (κ1) is 13.9. The monoisotopic (exact) mass is 306 g/mol. The zero-order valence-corrected chi connectivity index (χ0v) is 12.6. The van der Waals surface area contributed by atoms with Crippen molar-refractivity contribution in [1.29, 1.82) is 0 Å². The summed E-state index contributed by atoms with van der Waals surface area (Å²) in [5.74, 6) is 3.44. The first-order valence-electron chi connectivity index (χ1n) is 6.63. The van der Waals surface area contributed by atoms with E-state index in [1.807, 2.05) is 0 Å². The summed E-state index contributed by atoms with van der Waals surface area (Å²) in [7, 11) is 3.18. The lowest BCUT2D eigenvalue weighted by Crippen LogP contribution is -1.97. The molecule has 1 saturated carbocycles. The molecule has 2 aromatic rings. The van der Waals surface area contributed by atoms with Gasteiger partial charge in [-0.25, -0.2) is 4.98 Å². The van der Waals surface area contributed by atoms with Gasteiger partial charge in [0.1, 0.15) is 28.2 Å². The molecule has 21 heavy (non-hydrogen) atoms. The van der Waals surface area contributed by atoms with Crippen LogP contribution in [-0.4, -0.2) is 24.2 Å². The Hall–Kier alpha value is -2.01. The Morgan fingerprint density at radius 1 is 0.952 bits per heavy atom. The van der Waals surface area contributed by atoms with Crippen LogP contribution in [0.15, 0.2) is 24.3 Å². The van der Waals surface area contributed by atoms with Crippen LogP contribution in [0.1, 0.15) is 24.6 Å². The molecule has 0 N–H and O–H groups in total. The van der Waals surface area contributed by atoms with E-state index in [1.54, 1.807) is 38.5 Å². The second-order valence-electron chi connectivity index (χ2n) is 4.81. The topological polar surface area (TPSA) is 53.5 Å². The lowest BCUT2D eigenvalue weighted by atomic mass is 10.3. The van der Waals surface area contributed by atoms with Gasteiger partial charge in [0.15, 0.2) is 0 Å². The van der Waals surface area contributed by atoms with Gasteiger partial charge in [-0.05, 0) is 12.8 Å². The van der Waals surface area contributed by atoms with Crippen molar-refractivity contribution in [3.05, 3.63) is 35.2 Å². The van der Waals surface area contributed by atoms with Gasteiger partial charge in [-0.1, -0.05) is 11.6 Å². The van der Waals surface area contributed by atoms with Gasteiger partial charge in [0, 0.05) is 30.2 Å². The summed E-state index contributed by atoms with van der Waals surface area (Å²) in [5, 5.41) is 0.386. The summed E-state index contributed by atoms with van der Waals surface area (Å²) in [6.45, 7) is 0. The summed E-state index contributed by atoms with van der Waals surface area (Å²) in [6.07, 6.45) is 2.21. The molecule has 0 bridgehead atoms. The number of rotatable bonds is 5. The number of hydrogen-bond acceptors (Lipinski definition) is 5. The van der Waals surface area contributed by atoms with Gasteiger partial charge >= 0.3 is 0 Å². The molecule has 5 nitrogen and oxygen atoms in total. The Morgan fingerprint density at radius 3 is 2.14 bits per heavy atom. The Bertz CT molecular complexity index is 637. The molecule has 1 aromatic heterocycles. The average Bonchev–Trinajstić information content (AvgIpc) is 3.30. The van der Waals surface area contributed by atoms with E-state index in [2.05, 4.69) is 9.97 Å². The van der Waals surface area contributed by atoms with Crippen molar-refractivity contribution in [2.75, 3.05) is 14.2 Å². The van der Waals surface area contributed by atoms with E-state index in [0.29, 0.717) is 34.2 Å². The molecule has 0 radical (unpaired) electrons. The van der Waals surface area contributed by atoms with Gasteiger partial charge in [-0.15, -0.1) is 0 Å². The van der Waals surface area contributed by atoms with Crippen LogP contribution in [0.25, 0.3) is 0 Å². The van der Waals surface area contributed by atoms with Crippen LogP contribution in [0, 0.1) is 0 Å². The van der Waals surface area contributed by atoms with Crippen molar-refractivity contribution in [2.24, 2.45) is 0 Å². The molecule has 0 atom stereocenters. The van der Waals surface area contributed by atoms with Crippen molar-refractivity contribution < 1.29 is 14.2 Å². The van der Waals surface area contributed by atoms with E-state index in [-0.39, 0.29) is 0 Å². The van der Waals surface area contributed by atoms with Crippen LogP contribution in [0.3, 0.4) is 0 Å². The fourth-order valence-corrected chi connectivity index (χ4v) is 2.13. The van der Waals surface area contributed by atoms with E-state index in [9.17, 15) is 0 Å². The van der Waals surface area contributed by atoms with Crippen LogP contribution >= 0.6 is 11.6 Å². The minimum Gasteiger partial charge on any atom is -0.496 e. The molecule has 1 aliphatic rings. The maximum Gasteiger partial charge on any atom is 0.224 e. The molecule has 0 saturated heterocycles. The van der Waals surface area contributed by atoms with Gasteiger partial charge in [-0.3, -0.25) is 0 Å². The maximum atomic E-state index is 6.02. The summed E-state index contributed by atoms with van der Waals surface area (Å²) in [6, 6.07) is 6.89. The van der Waals surface area contributed by atoms with Crippen molar-refractivity contribution in [2.45, 2.75) is 18.8 Å². The SMILES string of the molecule is COc1cc(OC)cc(Oc2cc(Cl)nc(C3CC3)n2)c1. The molecular weight excluding hydrogens is 292 g/mol.